The van der Waals surface area contributed by atoms with Crippen molar-refractivity contribution in [3.8, 4) is 19.5 Å². The fourth-order valence-corrected chi connectivity index (χ4v) is 10.3. The minimum absolute atomic E-state index is 0.171. The largest absolute Gasteiger partial charge is 0.140 e. The van der Waals surface area contributed by atoms with E-state index in [1.165, 1.54) is 64.4 Å². The molecule has 6 rings (SSSR count). The molecule has 5 heterocycles. The molecule has 5 heteroatoms. The van der Waals surface area contributed by atoms with Gasteiger partial charge in [-0.1, -0.05) is 55.4 Å². The van der Waals surface area contributed by atoms with Crippen LogP contribution in [0.1, 0.15) is 70.0 Å². The lowest BCUT2D eigenvalue weighted by molar-refractivity contribution is 0.604. The summed E-state index contributed by atoms with van der Waals surface area (Å²) >= 11 is 9.78. The lowest BCUT2D eigenvalue weighted by atomic mass is 9.94. The molecule has 6 aromatic rings. The Morgan fingerprint density at radius 3 is 1.67 bits per heavy atom. The van der Waals surface area contributed by atoms with Gasteiger partial charge >= 0.3 is 0 Å². The van der Waals surface area contributed by atoms with Gasteiger partial charge in [0.15, 0.2) is 0 Å². The topological polar surface area (TPSA) is 0 Å². The Hall–Kier alpha value is -1.50. The summed E-state index contributed by atoms with van der Waals surface area (Å²) in [5.41, 5.74) is 0.376. The van der Waals surface area contributed by atoms with Crippen LogP contribution >= 0.6 is 56.7 Å². The number of aryl methyl sites for hydroxylation is 1. The van der Waals surface area contributed by atoms with Crippen molar-refractivity contribution in [1.29, 1.82) is 0 Å². The molecule has 0 radical (unpaired) electrons. The zero-order valence-corrected chi connectivity index (χ0v) is 26.7. The van der Waals surface area contributed by atoms with E-state index in [0.717, 1.165) is 0 Å². The van der Waals surface area contributed by atoms with Crippen molar-refractivity contribution < 1.29 is 0 Å². The minimum Gasteiger partial charge on any atom is -0.140 e. The lowest BCUT2D eigenvalue weighted by Crippen LogP contribution is -2.07. The fourth-order valence-electron chi connectivity index (χ4n) is 4.37. The monoisotopic (exact) mass is 566 g/mol. The molecule has 0 N–H and O–H groups in total. The highest BCUT2D eigenvalue weighted by molar-refractivity contribution is 7.32. The first-order valence-electron chi connectivity index (χ1n) is 12.6. The van der Waals surface area contributed by atoms with E-state index in [1.54, 1.807) is 0 Å². The van der Waals surface area contributed by atoms with Gasteiger partial charge in [-0.2, -0.15) is 0 Å². The predicted molar refractivity (Wildman–Crippen MR) is 173 cm³/mol. The van der Waals surface area contributed by atoms with E-state index in [0.29, 0.717) is 0 Å². The number of benzene rings is 1. The first-order valence-corrected chi connectivity index (χ1v) is 16.7. The van der Waals surface area contributed by atoms with Crippen LogP contribution in [0.5, 0.6) is 0 Å². The Kier molecular flexibility index (Phi) is 6.79. The van der Waals surface area contributed by atoms with Gasteiger partial charge in [-0.25, -0.2) is 0 Å². The molecule has 0 atom stereocenters. The third kappa shape index (κ3) is 4.52. The average Bonchev–Trinajstić information content (AvgIpc) is 3.61. The van der Waals surface area contributed by atoms with E-state index >= 15 is 0 Å². The minimum atomic E-state index is 0.171. The van der Waals surface area contributed by atoms with Crippen LogP contribution in [0.2, 0.25) is 0 Å². The van der Waals surface area contributed by atoms with Gasteiger partial charge in [0.2, 0.25) is 0 Å². The van der Waals surface area contributed by atoms with Crippen molar-refractivity contribution in [3.63, 3.8) is 0 Å². The molecule has 36 heavy (non-hydrogen) atoms. The van der Waals surface area contributed by atoms with Crippen LogP contribution in [0, 0.1) is 6.92 Å². The highest BCUT2D eigenvalue weighted by Crippen LogP contribution is 2.50. The standard InChI is InChI=1S/C29H28S5.C2H6/c1-15-12-16-17-13-22(21-9-8-19(31-21)20-10-11-23(32-20)28(2,3)4)33-26(17)27-18(25(16)30-15)14-24(34-27)29(5,6)7;1-2/h8-14H,1-7H3;1-2H3. The second-order valence-corrected chi connectivity index (χ2v) is 16.7. The highest BCUT2D eigenvalue weighted by Gasteiger charge is 2.23. The Morgan fingerprint density at radius 2 is 1.03 bits per heavy atom. The van der Waals surface area contributed by atoms with Crippen molar-refractivity contribution in [1.82, 2.24) is 0 Å². The lowest BCUT2D eigenvalue weighted by Gasteiger charge is -2.15. The molecule has 0 spiro atoms. The van der Waals surface area contributed by atoms with E-state index in [4.69, 9.17) is 0 Å². The van der Waals surface area contributed by atoms with Gasteiger partial charge in [-0.15, -0.1) is 56.7 Å². The van der Waals surface area contributed by atoms with Crippen LogP contribution in [0.4, 0.5) is 0 Å². The van der Waals surface area contributed by atoms with Crippen molar-refractivity contribution in [2.75, 3.05) is 0 Å². The SMILES string of the molecule is CC.Cc1cc2c3cc(-c4ccc(-c5ccc(C(C)(C)C)s5)s4)sc3c3sc(C(C)(C)C)cc3c2s1. The molecular weight excluding hydrogens is 533 g/mol. The number of rotatable bonds is 2. The summed E-state index contributed by atoms with van der Waals surface area (Å²) in [5, 5.41) is 4.30. The zero-order chi connectivity index (χ0) is 26.0. The summed E-state index contributed by atoms with van der Waals surface area (Å²) in [6, 6.07) is 16.5. The fraction of sp³-hybridized carbons (Fsp3) is 0.355. The molecule has 0 aliphatic rings. The van der Waals surface area contributed by atoms with Crippen LogP contribution < -0.4 is 0 Å². The zero-order valence-electron chi connectivity index (χ0n) is 22.6. The van der Waals surface area contributed by atoms with Gasteiger partial charge in [-0.3, -0.25) is 0 Å². The Labute approximate surface area is 235 Å². The smallest absolute Gasteiger partial charge is 0.0539 e. The summed E-state index contributed by atoms with van der Waals surface area (Å²) < 4.78 is 4.38. The molecular formula is C31H34S5. The number of thiophene rings is 5. The van der Waals surface area contributed by atoms with E-state index in [1.807, 2.05) is 70.5 Å². The molecule has 0 aliphatic carbocycles. The average molecular weight is 567 g/mol. The molecule has 188 valence electrons. The first kappa shape index (κ1) is 26.1. The quantitative estimate of drug-likeness (QED) is 0.195. The van der Waals surface area contributed by atoms with Crippen molar-refractivity contribution in [2.24, 2.45) is 0 Å². The van der Waals surface area contributed by atoms with Gasteiger partial charge in [0.05, 0.1) is 9.40 Å². The van der Waals surface area contributed by atoms with Gasteiger partial charge < -0.3 is 0 Å². The highest BCUT2D eigenvalue weighted by atomic mass is 32.1. The molecule has 0 bridgehead atoms. The first-order chi connectivity index (χ1) is 17.0. The molecule has 0 saturated heterocycles. The summed E-state index contributed by atoms with van der Waals surface area (Å²) in [6.07, 6.45) is 0. The number of hydrogen-bond acceptors (Lipinski definition) is 5. The van der Waals surface area contributed by atoms with Crippen LogP contribution in [-0.2, 0) is 10.8 Å². The van der Waals surface area contributed by atoms with E-state index < -0.39 is 0 Å². The van der Waals surface area contributed by atoms with Crippen LogP contribution in [0.3, 0.4) is 0 Å². The van der Waals surface area contributed by atoms with Gasteiger partial charge in [-0.05, 0) is 60.2 Å². The predicted octanol–water partition coefficient (Wildman–Crippen LogP) is 12.7. The second kappa shape index (κ2) is 9.36. The summed E-state index contributed by atoms with van der Waals surface area (Å²) in [6.45, 7) is 20.1. The maximum Gasteiger partial charge on any atom is 0.0539 e. The Bertz CT molecular complexity index is 1680. The van der Waals surface area contributed by atoms with Crippen molar-refractivity contribution in [3.05, 3.63) is 57.1 Å². The molecule has 5 aromatic heterocycles. The molecule has 0 fully saturated rings. The second-order valence-electron chi connectivity index (χ2n) is 11.1. The number of fused-ring (bicyclic) bond motifs is 6. The summed E-state index contributed by atoms with van der Waals surface area (Å²) in [5.74, 6) is 0. The van der Waals surface area contributed by atoms with Gasteiger partial charge in [0, 0.05) is 55.0 Å². The molecule has 0 saturated carbocycles. The molecule has 0 unspecified atom stereocenters. The van der Waals surface area contributed by atoms with E-state index in [9.17, 15) is 0 Å². The molecule has 1 aromatic carbocycles. The maximum absolute atomic E-state index is 2.46. The van der Waals surface area contributed by atoms with E-state index in [2.05, 4.69) is 90.9 Å². The van der Waals surface area contributed by atoms with Gasteiger partial charge in [0.25, 0.3) is 0 Å². The molecule has 0 nitrogen and oxygen atoms in total. The normalized spacial score (nSPS) is 12.6. The van der Waals surface area contributed by atoms with Crippen LogP contribution in [0.25, 0.3) is 49.8 Å². The third-order valence-electron chi connectivity index (χ3n) is 6.24. The Balaban J connectivity index is 0.00000130. The summed E-state index contributed by atoms with van der Waals surface area (Å²) in [4.78, 5) is 9.84. The summed E-state index contributed by atoms with van der Waals surface area (Å²) in [7, 11) is 0. The Morgan fingerprint density at radius 1 is 0.472 bits per heavy atom. The molecule has 0 aliphatic heterocycles. The van der Waals surface area contributed by atoms with Crippen LogP contribution in [0.15, 0.2) is 42.5 Å². The van der Waals surface area contributed by atoms with E-state index in [-0.39, 0.29) is 10.8 Å². The number of hydrogen-bond donors (Lipinski definition) is 0. The van der Waals surface area contributed by atoms with Crippen LogP contribution in [-0.4, -0.2) is 0 Å². The third-order valence-corrected chi connectivity index (χ3v) is 13.2. The van der Waals surface area contributed by atoms with Crippen molar-refractivity contribution >= 4 is 86.9 Å². The van der Waals surface area contributed by atoms with Crippen molar-refractivity contribution in [2.45, 2.75) is 73.1 Å². The van der Waals surface area contributed by atoms with Gasteiger partial charge in [0.1, 0.15) is 0 Å². The molecule has 0 amide bonds. The maximum atomic E-state index is 2.46.